The highest BCUT2D eigenvalue weighted by Gasteiger charge is 2.09. The Morgan fingerprint density at radius 3 is 2.65 bits per heavy atom. The lowest BCUT2D eigenvalue weighted by Gasteiger charge is -2.04. The topological polar surface area (TPSA) is 50.1 Å². The number of hydrogen-bond acceptors (Lipinski definition) is 3. The molecule has 0 bridgehead atoms. The van der Waals surface area contributed by atoms with E-state index in [0.717, 1.165) is 18.1 Å². The summed E-state index contributed by atoms with van der Waals surface area (Å²) >= 11 is 0. The molecular weight excluding hydrogens is 257 g/mol. The second-order valence-electron chi connectivity index (χ2n) is 4.36. The quantitative estimate of drug-likeness (QED) is 0.362. The fourth-order valence-corrected chi connectivity index (χ4v) is 1.29. The van der Waals surface area contributed by atoms with E-state index in [0.29, 0.717) is 5.57 Å². The summed E-state index contributed by atoms with van der Waals surface area (Å²) in [5.41, 5.74) is 1.47. The number of carbonyl (C=O) groups excluding carboxylic acids is 1. The summed E-state index contributed by atoms with van der Waals surface area (Å²) in [7, 11) is 0. The van der Waals surface area contributed by atoms with Crippen LogP contribution in [0.2, 0.25) is 0 Å². The van der Waals surface area contributed by atoms with Crippen molar-refractivity contribution in [3.8, 4) is 11.8 Å². The van der Waals surface area contributed by atoms with E-state index >= 15 is 0 Å². The standard InChI is InChI=1S/C16H16FNO2/c1-4-11(2)5-6-12(3)16(19)20-14-8-7-13(10-18)15(17)9-14/h5-9H,4H2,1-3H3/b11-5-,12-6+. The molecule has 0 unspecified atom stereocenters. The summed E-state index contributed by atoms with van der Waals surface area (Å²) in [6, 6.07) is 5.39. The third kappa shape index (κ3) is 4.36. The second kappa shape index (κ2) is 7.25. The van der Waals surface area contributed by atoms with Crippen molar-refractivity contribution in [2.75, 3.05) is 0 Å². The van der Waals surface area contributed by atoms with Crippen LogP contribution in [0, 0.1) is 17.1 Å². The van der Waals surface area contributed by atoms with Crippen LogP contribution >= 0.6 is 0 Å². The molecule has 0 spiro atoms. The molecule has 0 saturated carbocycles. The number of esters is 1. The molecule has 1 aromatic carbocycles. The second-order valence-corrected chi connectivity index (χ2v) is 4.36. The third-order valence-corrected chi connectivity index (χ3v) is 2.77. The van der Waals surface area contributed by atoms with Crippen molar-refractivity contribution in [3.63, 3.8) is 0 Å². The van der Waals surface area contributed by atoms with Gasteiger partial charge in [-0.3, -0.25) is 0 Å². The molecule has 3 nitrogen and oxygen atoms in total. The number of nitriles is 1. The van der Waals surface area contributed by atoms with E-state index in [4.69, 9.17) is 10.00 Å². The van der Waals surface area contributed by atoms with Gasteiger partial charge in [0, 0.05) is 11.6 Å². The maximum absolute atomic E-state index is 13.4. The normalized spacial score (nSPS) is 11.9. The highest BCUT2D eigenvalue weighted by atomic mass is 19.1. The summed E-state index contributed by atoms with van der Waals surface area (Å²) in [4.78, 5) is 11.8. The van der Waals surface area contributed by atoms with Gasteiger partial charge in [-0.05, 0) is 32.4 Å². The van der Waals surface area contributed by atoms with Gasteiger partial charge in [-0.2, -0.15) is 5.26 Å². The zero-order chi connectivity index (χ0) is 15.1. The van der Waals surface area contributed by atoms with E-state index in [9.17, 15) is 9.18 Å². The van der Waals surface area contributed by atoms with Crippen LogP contribution in [0.4, 0.5) is 4.39 Å². The maximum atomic E-state index is 13.4. The number of nitrogens with zero attached hydrogens (tertiary/aromatic N) is 1. The molecule has 0 amide bonds. The first-order chi connectivity index (χ1) is 9.47. The molecule has 0 saturated heterocycles. The first-order valence-corrected chi connectivity index (χ1v) is 6.23. The molecule has 0 aliphatic carbocycles. The zero-order valence-corrected chi connectivity index (χ0v) is 11.7. The van der Waals surface area contributed by atoms with Crippen molar-refractivity contribution in [3.05, 3.63) is 52.9 Å². The van der Waals surface area contributed by atoms with E-state index in [1.54, 1.807) is 19.1 Å². The molecule has 0 radical (unpaired) electrons. The largest absolute Gasteiger partial charge is 0.423 e. The SMILES string of the molecule is CC/C(C)=C\C=C(/C)C(=O)Oc1ccc(C#N)c(F)c1. The van der Waals surface area contributed by atoms with Crippen LogP contribution in [0.5, 0.6) is 5.75 Å². The Balaban J connectivity index is 2.81. The predicted molar refractivity (Wildman–Crippen MR) is 74.6 cm³/mol. The summed E-state index contributed by atoms with van der Waals surface area (Å²) in [5.74, 6) is -1.18. The van der Waals surface area contributed by atoms with Crippen molar-refractivity contribution < 1.29 is 13.9 Å². The average Bonchev–Trinajstić information content (AvgIpc) is 2.44. The van der Waals surface area contributed by atoms with Crippen molar-refractivity contribution in [2.45, 2.75) is 27.2 Å². The zero-order valence-electron chi connectivity index (χ0n) is 11.7. The van der Waals surface area contributed by atoms with Crippen molar-refractivity contribution in [2.24, 2.45) is 0 Å². The number of benzene rings is 1. The Morgan fingerprint density at radius 1 is 1.40 bits per heavy atom. The number of rotatable bonds is 4. The van der Waals surface area contributed by atoms with Crippen LogP contribution in [-0.4, -0.2) is 5.97 Å². The van der Waals surface area contributed by atoms with Gasteiger partial charge in [0.15, 0.2) is 0 Å². The molecule has 0 fully saturated rings. The Morgan fingerprint density at radius 2 is 2.10 bits per heavy atom. The fraction of sp³-hybridized carbons (Fsp3) is 0.250. The summed E-state index contributed by atoms with van der Waals surface area (Å²) < 4.78 is 18.4. The summed E-state index contributed by atoms with van der Waals surface area (Å²) in [6.07, 6.45) is 4.41. The molecule has 0 aliphatic heterocycles. The first kappa shape index (κ1) is 15.6. The monoisotopic (exact) mass is 273 g/mol. The number of ether oxygens (including phenoxy) is 1. The Bertz CT molecular complexity index is 609. The molecule has 104 valence electrons. The number of carbonyl (C=O) groups is 1. The van der Waals surface area contributed by atoms with Gasteiger partial charge in [0.2, 0.25) is 0 Å². The van der Waals surface area contributed by atoms with Gasteiger partial charge in [-0.15, -0.1) is 0 Å². The molecule has 0 aliphatic rings. The van der Waals surface area contributed by atoms with E-state index in [2.05, 4.69) is 0 Å². The van der Waals surface area contributed by atoms with Gasteiger partial charge < -0.3 is 4.74 Å². The van der Waals surface area contributed by atoms with Crippen LogP contribution in [0.3, 0.4) is 0 Å². The van der Waals surface area contributed by atoms with Crippen molar-refractivity contribution >= 4 is 5.97 Å². The maximum Gasteiger partial charge on any atom is 0.339 e. The number of allylic oxidation sites excluding steroid dienone is 3. The van der Waals surface area contributed by atoms with E-state index in [1.807, 2.05) is 19.9 Å². The fourth-order valence-electron chi connectivity index (χ4n) is 1.29. The van der Waals surface area contributed by atoms with Gasteiger partial charge in [0.25, 0.3) is 0 Å². The van der Waals surface area contributed by atoms with Gasteiger partial charge in [-0.25, -0.2) is 9.18 Å². The van der Waals surface area contributed by atoms with Crippen LogP contribution in [0.25, 0.3) is 0 Å². The van der Waals surface area contributed by atoms with Gasteiger partial charge >= 0.3 is 5.97 Å². The molecule has 0 aromatic heterocycles. The van der Waals surface area contributed by atoms with Crippen LogP contribution < -0.4 is 4.74 Å². The summed E-state index contributed by atoms with van der Waals surface area (Å²) in [6.45, 7) is 5.61. The minimum Gasteiger partial charge on any atom is -0.423 e. The Hall–Kier alpha value is -2.41. The highest BCUT2D eigenvalue weighted by molar-refractivity contribution is 5.89. The molecule has 1 aromatic rings. The Labute approximate surface area is 118 Å². The minimum absolute atomic E-state index is 0.0791. The molecular formula is C16H16FNO2. The van der Waals surface area contributed by atoms with Crippen LogP contribution in [0.1, 0.15) is 32.8 Å². The molecule has 20 heavy (non-hydrogen) atoms. The minimum atomic E-state index is -0.707. The molecule has 1 rings (SSSR count). The Kier molecular flexibility index (Phi) is 5.67. The van der Waals surface area contributed by atoms with Gasteiger partial charge in [0.05, 0.1) is 5.56 Å². The predicted octanol–water partition coefficient (Wildman–Crippen LogP) is 3.91. The lowest BCUT2D eigenvalue weighted by Crippen LogP contribution is -2.09. The van der Waals surface area contributed by atoms with E-state index < -0.39 is 11.8 Å². The first-order valence-electron chi connectivity index (χ1n) is 6.23. The average molecular weight is 273 g/mol. The van der Waals surface area contributed by atoms with Crippen molar-refractivity contribution in [1.82, 2.24) is 0 Å². The molecule has 4 heteroatoms. The molecule has 0 N–H and O–H groups in total. The smallest absolute Gasteiger partial charge is 0.339 e. The van der Waals surface area contributed by atoms with Crippen LogP contribution in [-0.2, 0) is 4.79 Å². The van der Waals surface area contributed by atoms with Gasteiger partial charge in [-0.1, -0.05) is 24.6 Å². The molecule has 0 heterocycles. The van der Waals surface area contributed by atoms with Crippen molar-refractivity contribution in [1.29, 1.82) is 5.26 Å². The number of hydrogen-bond donors (Lipinski definition) is 0. The highest BCUT2D eigenvalue weighted by Crippen LogP contribution is 2.17. The lowest BCUT2D eigenvalue weighted by atomic mass is 10.2. The van der Waals surface area contributed by atoms with E-state index in [-0.39, 0.29) is 11.3 Å². The van der Waals surface area contributed by atoms with E-state index in [1.165, 1.54) is 12.1 Å². The third-order valence-electron chi connectivity index (χ3n) is 2.77. The number of halogens is 1. The lowest BCUT2D eigenvalue weighted by molar-refractivity contribution is -0.130. The molecule has 0 atom stereocenters. The van der Waals surface area contributed by atoms with Gasteiger partial charge in [0.1, 0.15) is 17.6 Å². The summed E-state index contributed by atoms with van der Waals surface area (Å²) in [5, 5.41) is 8.61. The van der Waals surface area contributed by atoms with Crippen LogP contribution in [0.15, 0.2) is 41.5 Å².